The molecular formula is C29H48N2O. The van der Waals surface area contributed by atoms with E-state index in [1.54, 1.807) is 0 Å². The average Bonchev–Trinajstić information content (AvgIpc) is 2.80. The van der Waals surface area contributed by atoms with Gasteiger partial charge in [-0.2, -0.15) is 0 Å². The van der Waals surface area contributed by atoms with Gasteiger partial charge in [-0.25, -0.2) is 0 Å². The Balaban J connectivity index is 0.000000860. The molecule has 3 nitrogen and oxygen atoms in total. The van der Waals surface area contributed by atoms with Gasteiger partial charge in [0.25, 0.3) is 0 Å². The first kappa shape index (κ1) is 26.6. The molecule has 1 aromatic rings. The van der Waals surface area contributed by atoms with Gasteiger partial charge in [0.1, 0.15) is 0 Å². The topological polar surface area (TPSA) is 55.1 Å². The molecule has 32 heavy (non-hydrogen) atoms. The molecule has 3 aliphatic rings. The van der Waals surface area contributed by atoms with Crippen molar-refractivity contribution >= 4 is 5.91 Å². The van der Waals surface area contributed by atoms with Crippen LogP contribution in [0, 0.1) is 16.7 Å². The Kier molecular flexibility index (Phi) is 9.57. The van der Waals surface area contributed by atoms with Crippen molar-refractivity contribution in [3.05, 3.63) is 47.7 Å². The molecule has 3 N–H and O–H groups in total. The molecule has 180 valence electrons. The van der Waals surface area contributed by atoms with Crippen LogP contribution in [0.1, 0.15) is 104 Å². The number of carbonyl (C=O) groups is 1. The maximum absolute atomic E-state index is 13.4. The first-order chi connectivity index (χ1) is 15.3. The second kappa shape index (κ2) is 11.5. The van der Waals surface area contributed by atoms with Crippen molar-refractivity contribution in [3.8, 4) is 0 Å². The van der Waals surface area contributed by atoms with Crippen molar-refractivity contribution in [1.82, 2.24) is 5.32 Å². The van der Waals surface area contributed by atoms with Crippen LogP contribution in [0.15, 0.2) is 42.1 Å². The van der Waals surface area contributed by atoms with Gasteiger partial charge in [-0.1, -0.05) is 76.9 Å². The smallest absolute Gasteiger partial charge is 0.229 e. The molecule has 2 bridgehead atoms. The predicted octanol–water partition coefficient (Wildman–Crippen LogP) is 7.12. The first-order valence-electron chi connectivity index (χ1n) is 12.9. The molecule has 0 aliphatic heterocycles. The third-order valence-electron chi connectivity index (χ3n) is 7.64. The van der Waals surface area contributed by atoms with E-state index in [0.717, 1.165) is 25.7 Å². The van der Waals surface area contributed by atoms with Crippen LogP contribution in [0.2, 0.25) is 0 Å². The van der Waals surface area contributed by atoms with E-state index in [2.05, 4.69) is 68.4 Å². The number of benzene rings is 1. The van der Waals surface area contributed by atoms with Gasteiger partial charge in [0.05, 0.1) is 0 Å². The summed E-state index contributed by atoms with van der Waals surface area (Å²) in [6, 6.07) is 11.0. The van der Waals surface area contributed by atoms with E-state index < -0.39 is 0 Å². The van der Waals surface area contributed by atoms with Gasteiger partial charge >= 0.3 is 0 Å². The lowest BCUT2D eigenvalue weighted by molar-refractivity contribution is -0.136. The summed E-state index contributed by atoms with van der Waals surface area (Å²) in [5.74, 6) is 0.881. The van der Waals surface area contributed by atoms with Crippen molar-refractivity contribution in [1.29, 1.82) is 0 Å². The number of hydrogen-bond donors (Lipinski definition) is 2. The van der Waals surface area contributed by atoms with E-state index in [-0.39, 0.29) is 16.7 Å². The van der Waals surface area contributed by atoms with Gasteiger partial charge < -0.3 is 11.1 Å². The van der Waals surface area contributed by atoms with Crippen LogP contribution in [-0.4, -0.2) is 13.0 Å². The Morgan fingerprint density at radius 1 is 0.938 bits per heavy atom. The highest BCUT2D eigenvalue weighted by atomic mass is 16.2. The van der Waals surface area contributed by atoms with Gasteiger partial charge in [0.2, 0.25) is 5.91 Å². The van der Waals surface area contributed by atoms with E-state index in [0.29, 0.717) is 11.3 Å². The minimum Gasteiger partial charge on any atom is -0.333 e. The minimum absolute atomic E-state index is 0.135. The number of nitrogens with two attached hydrogens (primary N) is 1. The molecule has 0 aromatic heterocycles. The van der Waals surface area contributed by atoms with Crippen molar-refractivity contribution in [3.63, 3.8) is 0 Å². The van der Waals surface area contributed by atoms with Crippen molar-refractivity contribution in [2.75, 3.05) is 7.05 Å². The first-order valence-corrected chi connectivity index (χ1v) is 12.9. The Hall–Kier alpha value is -1.61. The van der Waals surface area contributed by atoms with Crippen LogP contribution in [0.3, 0.4) is 0 Å². The van der Waals surface area contributed by atoms with Crippen LogP contribution in [0.25, 0.3) is 0 Å². The van der Waals surface area contributed by atoms with Gasteiger partial charge in [-0.15, -0.1) is 0 Å². The predicted molar refractivity (Wildman–Crippen MR) is 137 cm³/mol. The van der Waals surface area contributed by atoms with E-state index in [4.69, 9.17) is 0 Å². The lowest BCUT2D eigenvalue weighted by Gasteiger charge is -2.57. The fourth-order valence-corrected chi connectivity index (χ4v) is 6.98. The second-order valence-corrected chi connectivity index (χ2v) is 11.0. The zero-order valence-electron chi connectivity index (χ0n) is 21.6. The zero-order chi connectivity index (χ0) is 23.8. The number of hydrogen-bond acceptors (Lipinski definition) is 2. The van der Waals surface area contributed by atoms with E-state index in [1.807, 2.05) is 13.8 Å². The molecule has 3 heteroatoms. The summed E-state index contributed by atoms with van der Waals surface area (Å²) >= 11 is 0. The maximum Gasteiger partial charge on any atom is 0.229 e. The molecule has 4 rings (SSSR count). The minimum atomic E-state index is -0.277. The van der Waals surface area contributed by atoms with Gasteiger partial charge in [-0.3, -0.25) is 4.79 Å². The highest BCUT2D eigenvalue weighted by Crippen LogP contribution is 2.61. The molecule has 0 spiro atoms. The Morgan fingerprint density at radius 3 is 2.19 bits per heavy atom. The van der Waals surface area contributed by atoms with Crippen LogP contribution >= 0.6 is 0 Å². The lowest BCUT2D eigenvalue weighted by atomic mass is 9.47. The summed E-state index contributed by atoms with van der Waals surface area (Å²) in [6.07, 6.45) is 13.9. The summed E-state index contributed by atoms with van der Waals surface area (Å²) < 4.78 is 0. The summed E-state index contributed by atoms with van der Waals surface area (Å²) in [4.78, 5) is 13.4. The Bertz CT molecular complexity index is 746. The van der Waals surface area contributed by atoms with Crippen LogP contribution in [0.4, 0.5) is 0 Å². The van der Waals surface area contributed by atoms with E-state index in [1.165, 1.54) is 56.7 Å². The van der Waals surface area contributed by atoms with Crippen molar-refractivity contribution < 1.29 is 4.79 Å². The fraction of sp³-hybridized carbons (Fsp3) is 0.690. The summed E-state index contributed by atoms with van der Waals surface area (Å²) in [7, 11) is 1.50. The van der Waals surface area contributed by atoms with Gasteiger partial charge in [-0.05, 0) is 87.1 Å². The summed E-state index contributed by atoms with van der Waals surface area (Å²) in [5, 5.41) is 3.24. The SMILES string of the molecule is CC.CC1(C)CC2CC(C)(C(=O)NC=C3CCCCC3)CC(c3ccccc3)(C2)C1.CN. The van der Waals surface area contributed by atoms with Gasteiger partial charge in [0, 0.05) is 11.6 Å². The Morgan fingerprint density at radius 2 is 1.56 bits per heavy atom. The maximum atomic E-state index is 13.4. The number of allylic oxidation sites excluding steroid dienone is 1. The van der Waals surface area contributed by atoms with Crippen molar-refractivity contribution in [2.24, 2.45) is 22.5 Å². The fourth-order valence-electron chi connectivity index (χ4n) is 6.98. The third kappa shape index (κ3) is 6.25. The molecule has 1 amide bonds. The molecule has 0 saturated heterocycles. The number of nitrogens with one attached hydrogen (secondary N) is 1. The Labute approximate surface area is 197 Å². The molecular weight excluding hydrogens is 392 g/mol. The number of amides is 1. The second-order valence-electron chi connectivity index (χ2n) is 11.0. The number of fused-ring (bicyclic) bond motifs is 2. The highest BCUT2D eigenvalue weighted by Gasteiger charge is 2.55. The molecule has 0 heterocycles. The molecule has 3 atom stereocenters. The largest absolute Gasteiger partial charge is 0.333 e. The highest BCUT2D eigenvalue weighted by molar-refractivity contribution is 5.83. The lowest BCUT2D eigenvalue weighted by Crippen LogP contribution is -2.53. The van der Waals surface area contributed by atoms with Crippen LogP contribution < -0.4 is 11.1 Å². The van der Waals surface area contributed by atoms with E-state index in [9.17, 15) is 4.79 Å². The van der Waals surface area contributed by atoms with Crippen LogP contribution in [-0.2, 0) is 10.2 Å². The standard InChI is InChI=1S/C26H37NO.C2H6.CH5N/c1-24(2)14-21-15-25(3,23(28)27-17-20-10-6-4-7-11-20)19-26(16-21,18-24)22-12-8-5-9-13-22;2*1-2/h5,8-9,12-13,17,21H,4,6-7,10-11,14-16,18-19H2,1-3H3,(H,27,28);1-2H3;2H2,1H3. The molecule has 3 fully saturated rings. The molecule has 3 aliphatic carbocycles. The normalized spacial score (nSPS) is 30.6. The average molecular weight is 441 g/mol. The zero-order valence-corrected chi connectivity index (χ0v) is 21.6. The molecule has 1 aromatic carbocycles. The van der Waals surface area contributed by atoms with Gasteiger partial charge in [0.15, 0.2) is 0 Å². The summed E-state index contributed by atoms with van der Waals surface area (Å²) in [6.45, 7) is 11.1. The molecule has 3 unspecified atom stereocenters. The van der Waals surface area contributed by atoms with Crippen LogP contribution in [0.5, 0.6) is 0 Å². The monoisotopic (exact) mass is 440 g/mol. The number of rotatable bonds is 3. The van der Waals surface area contributed by atoms with Crippen molar-refractivity contribution in [2.45, 2.75) is 104 Å². The quantitative estimate of drug-likeness (QED) is 0.526. The van der Waals surface area contributed by atoms with E-state index >= 15 is 0 Å². The number of carbonyl (C=O) groups excluding carboxylic acids is 1. The molecule has 3 saturated carbocycles. The third-order valence-corrected chi connectivity index (χ3v) is 7.64. The summed E-state index contributed by atoms with van der Waals surface area (Å²) in [5.41, 5.74) is 7.58. The molecule has 0 radical (unpaired) electrons.